The number of thiophene rings is 1. The van der Waals surface area contributed by atoms with Gasteiger partial charge in [0.25, 0.3) is 0 Å². The zero-order chi connectivity index (χ0) is 10.9. The number of carbonyl (C=O) groups is 2. The molecule has 0 aliphatic rings. The number of Topliss-reactive ketones (excluding diaryl/α,β-unsaturated/α-hetero) is 2. The minimum Gasteiger partial charge on any atom is -0.294 e. The maximum absolute atomic E-state index is 11.4. The molecule has 0 aromatic carbocycles. The van der Waals surface area contributed by atoms with Crippen LogP contribution in [-0.2, 0) is 0 Å². The van der Waals surface area contributed by atoms with Crippen LogP contribution in [-0.4, -0.2) is 17.8 Å². The highest BCUT2D eigenvalue weighted by Gasteiger charge is 2.19. The summed E-state index contributed by atoms with van der Waals surface area (Å²) in [5.41, 5.74) is 1.55. The van der Waals surface area contributed by atoms with Gasteiger partial charge in [0.15, 0.2) is 11.6 Å². The van der Waals surface area contributed by atoms with E-state index in [1.54, 1.807) is 6.92 Å². The molecule has 0 amide bonds. The molecule has 0 aliphatic heterocycles. The zero-order valence-corrected chi connectivity index (χ0v) is 10.3. The Labute approximate surface area is 91.7 Å². The molecule has 1 aromatic heterocycles. The van der Waals surface area contributed by atoms with Crippen molar-refractivity contribution in [2.24, 2.45) is 0 Å². The average molecular weight is 228 g/mol. The van der Waals surface area contributed by atoms with Crippen molar-refractivity contribution >= 4 is 34.7 Å². The molecule has 0 fully saturated rings. The van der Waals surface area contributed by atoms with Crippen molar-refractivity contribution < 1.29 is 9.59 Å². The number of rotatable bonds is 3. The van der Waals surface area contributed by atoms with E-state index in [9.17, 15) is 9.59 Å². The lowest BCUT2D eigenvalue weighted by molar-refractivity contribution is 0.101. The van der Waals surface area contributed by atoms with Crippen LogP contribution in [0.1, 0.15) is 39.4 Å². The zero-order valence-electron chi connectivity index (χ0n) is 8.63. The molecule has 0 spiro atoms. The van der Waals surface area contributed by atoms with E-state index in [1.165, 1.54) is 30.0 Å². The van der Waals surface area contributed by atoms with Crippen LogP contribution >= 0.6 is 23.1 Å². The minimum atomic E-state index is 0.0373. The van der Waals surface area contributed by atoms with E-state index in [0.717, 1.165) is 9.77 Å². The molecule has 2 nitrogen and oxygen atoms in total. The van der Waals surface area contributed by atoms with Crippen LogP contribution in [0, 0.1) is 6.92 Å². The van der Waals surface area contributed by atoms with Gasteiger partial charge < -0.3 is 0 Å². The second kappa shape index (κ2) is 4.28. The van der Waals surface area contributed by atoms with Gasteiger partial charge in [-0.2, -0.15) is 0 Å². The van der Waals surface area contributed by atoms with Crippen molar-refractivity contribution in [3.63, 3.8) is 0 Å². The fourth-order valence-electron chi connectivity index (χ4n) is 1.37. The molecule has 4 heteroatoms. The molecule has 0 N–H and O–H groups in total. The first-order valence-corrected chi connectivity index (χ1v) is 6.22. The SMILES string of the molecule is CSc1sc(C(C)=O)c(C)c1C(C)=O. The molecule has 0 unspecified atom stereocenters. The van der Waals surface area contributed by atoms with Gasteiger partial charge in [0.05, 0.1) is 9.09 Å². The number of ketones is 2. The minimum absolute atomic E-state index is 0.0373. The van der Waals surface area contributed by atoms with Crippen molar-refractivity contribution in [2.75, 3.05) is 6.26 Å². The molecular formula is C10H12O2S2. The number of carbonyl (C=O) groups excluding carboxylic acids is 2. The van der Waals surface area contributed by atoms with Crippen LogP contribution in [0.3, 0.4) is 0 Å². The first kappa shape index (κ1) is 11.5. The highest BCUT2D eigenvalue weighted by Crippen LogP contribution is 2.35. The highest BCUT2D eigenvalue weighted by molar-refractivity contribution is 8.00. The number of thioether (sulfide) groups is 1. The number of hydrogen-bond acceptors (Lipinski definition) is 4. The average Bonchev–Trinajstić information content (AvgIpc) is 2.42. The van der Waals surface area contributed by atoms with Crippen LogP contribution in [0.2, 0.25) is 0 Å². The summed E-state index contributed by atoms with van der Waals surface area (Å²) in [5, 5.41) is 0. The molecule has 76 valence electrons. The molecule has 0 bridgehead atoms. The van der Waals surface area contributed by atoms with E-state index in [4.69, 9.17) is 0 Å². The quantitative estimate of drug-likeness (QED) is 0.588. The van der Waals surface area contributed by atoms with E-state index >= 15 is 0 Å². The lowest BCUT2D eigenvalue weighted by Crippen LogP contribution is -1.97. The maximum atomic E-state index is 11.4. The Morgan fingerprint density at radius 1 is 1.21 bits per heavy atom. The Bertz CT molecular complexity index is 391. The third-order valence-electron chi connectivity index (χ3n) is 1.97. The molecule has 0 atom stereocenters. The van der Waals surface area contributed by atoms with Crippen LogP contribution in [0.25, 0.3) is 0 Å². The summed E-state index contributed by atoms with van der Waals surface area (Å²) in [6.07, 6.45) is 1.92. The Morgan fingerprint density at radius 2 is 1.79 bits per heavy atom. The largest absolute Gasteiger partial charge is 0.294 e. The van der Waals surface area contributed by atoms with Crippen molar-refractivity contribution in [3.05, 3.63) is 16.0 Å². The van der Waals surface area contributed by atoms with Crippen LogP contribution < -0.4 is 0 Å². The van der Waals surface area contributed by atoms with Crippen molar-refractivity contribution in [3.8, 4) is 0 Å². The second-order valence-corrected chi connectivity index (χ2v) is 5.13. The molecular weight excluding hydrogens is 216 g/mol. The second-order valence-electron chi connectivity index (χ2n) is 3.04. The summed E-state index contributed by atoms with van der Waals surface area (Å²) in [6.45, 7) is 4.91. The normalized spacial score (nSPS) is 10.3. The van der Waals surface area contributed by atoms with Gasteiger partial charge >= 0.3 is 0 Å². The first-order valence-electron chi connectivity index (χ1n) is 4.18. The van der Waals surface area contributed by atoms with Crippen LogP contribution in [0.5, 0.6) is 0 Å². The van der Waals surface area contributed by atoms with E-state index in [-0.39, 0.29) is 11.6 Å². The summed E-state index contributed by atoms with van der Waals surface area (Å²) in [5.74, 6) is 0.0749. The lowest BCUT2D eigenvalue weighted by Gasteiger charge is -1.96. The van der Waals surface area contributed by atoms with Crippen LogP contribution in [0.4, 0.5) is 0 Å². The predicted molar refractivity (Wildman–Crippen MR) is 60.8 cm³/mol. The standard InChI is InChI=1S/C10H12O2S2/c1-5-8(6(2)11)10(13-4)14-9(5)7(3)12/h1-4H3. The molecule has 1 aromatic rings. The fourth-order valence-corrected chi connectivity index (χ4v) is 3.44. The molecule has 0 radical (unpaired) electrons. The van der Waals surface area contributed by atoms with E-state index in [2.05, 4.69) is 0 Å². The van der Waals surface area contributed by atoms with E-state index < -0.39 is 0 Å². The lowest BCUT2D eigenvalue weighted by atomic mass is 10.1. The molecule has 1 rings (SSSR count). The highest BCUT2D eigenvalue weighted by atomic mass is 32.2. The molecule has 0 saturated carbocycles. The van der Waals surface area contributed by atoms with Crippen molar-refractivity contribution in [1.29, 1.82) is 0 Å². The monoisotopic (exact) mass is 228 g/mol. The van der Waals surface area contributed by atoms with Gasteiger partial charge in [0, 0.05) is 5.56 Å². The van der Waals surface area contributed by atoms with E-state index in [0.29, 0.717) is 10.4 Å². The smallest absolute Gasteiger partial charge is 0.170 e. The van der Waals surface area contributed by atoms with Crippen LogP contribution in [0.15, 0.2) is 4.21 Å². The van der Waals surface area contributed by atoms with Gasteiger partial charge in [-0.3, -0.25) is 9.59 Å². The Kier molecular flexibility index (Phi) is 3.50. The van der Waals surface area contributed by atoms with Gasteiger partial charge in [-0.25, -0.2) is 0 Å². The van der Waals surface area contributed by atoms with Gasteiger partial charge in [-0.05, 0) is 32.6 Å². The topological polar surface area (TPSA) is 34.1 Å². The van der Waals surface area contributed by atoms with Crippen molar-refractivity contribution in [1.82, 2.24) is 0 Å². The van der Waals surface area contributed by atoms with Gasteiger partial charge in [0.2, 0.25) is 0 Å². The molecule has 14 heavy (non-hydrogen) atoms. The molecule has 0 saturated heterocycles. The van der Waals surface area contributed by atoms with Gasteiger partial charge in [-0.1, -0.05) is 0 Å². The summed E-state index contributed by atoms with van der Waals surface area (Å²) in [7, 11) is 0. The Morgan fingerprint density at radius 3 is 2.07 bits per heavy atom. The Hall–Kier alpha value is -0.610. The molecule has 1 heterocycles. The number of hydrogen-bond donors (Lipinski definition) is 0. The maximum Gasteiger partial charge on any atom is 0.170 e. The summed E-state index contributed by atoms with van der Waals surface area (Å²) in [4.78, 5) is 23.3. The summed E-state index contributed by atoms with van der Waals surface area (Å²) in [6, 6.07) is 0. The summed E-state index contributed by atoms with van der Waals surface area (Å²) < 4.78 is 0.945. The van der Waals surface area contributed by atoms with Crippen molar-refractivity contribution in [2.45, 2.75) is 25.0 Å². The van der Waals surface area contributed by atoms with Gasteiger partial charge in [0.1, 0.15) is 0 Å². The Balaban J connectivity index is 3.40. The third kappa shape index (κ3) is 1.91. The van der Waals surface area contributed by atoms with E-state index in [1.807, 2.05) is 13.2 Å². The fraction of sp³-hybridized carbons (Fsp3) is 0.400. The predicted octanol–water partition coefficient (Wildman–Crippen LogP) is 3.18. The first-order chi connectivity index (χ1) is 6.49. The van der Waals surface area contributed by atoms with Gasteiger partial charge in [-0.15, -0.1) is 23.1 Å². The summed E-state index contributed by atoms with van der Waals surface area (Å²) >= 11 is 2.94. The third-order valence-corrected chi connectivity index (χ3v) is 4.48. The molecule has 0 aliphatic carbocycles.